The Balaban J connectivity index is 1.74. The van der Waals surface area contributed by atoms with Crippen LogP contribution >= 0.6 is 11.3 Å². The van der Waals surface area contributed by atoms with E-state index in [2.05, 4.69) is 5.32 Å². The molecule has 0 unspecified atom stereocenters. The molecule has 2 aromatic rings. The van der Waals surface area contributed by atoms with Crippen molar-refractivity contribution in [3.63, 3.8) is 0 Å². The van der Waals surface area contributed by atoms with E-state index in [-0.39, 0.29) is 24.2 Å². The summed E-state index contributed by atoms with van der Waals surface area (Å²) in [5, 5.41) is 3.37. The molecule has 24 heavy (non-hydrogen) atoms. The van der Waals surface area contributed by atoms with Crippen LogP contribution in [0, 0.1) is 25.6 Å². The first-order valence-corrected chi connectivity index (χ1v) is 8.59. The van der Waals surface area contributed by atoms with Gasteiger partial charge in [-0.2, -0.15) is 0 Å². The monoisotopic (exact) mass is 347 g/mol. The number of ether oxygens (including phenoxy) is 1. The van der Waals surface area contributed by atoms with Gasteiger partial charge in [0.05, 0.1) is 5.56 Å². The lowest BCUT2D eigenvalue weighted by atomic mass is 10.1. The molecule has 1 heterocycles. The Bertz CT molecular complexity index is 796. The largest absolute Gasteiger partial charge is 0.457 e. The summed E-state index contributed by atoms with van der Waals surface area (Å²) in [5.74, 6) is -0.866. The molecule has 1 fully saturated rings. The van der Waals surface area contributed by atoms with Gasteiger partial charge < -0.3 is 10.1 Å². The number of nitrogens with one attached hydrogen (secondary N) is 1. The Morgan fingerprint density at radius 1 is 1.33 bits per heavy atom. The maximum Gasteiger partial charge on any atom is 0.341 e. The lowest BCUT2D eigenvalue weighted by Gasteiger charge is -2.08. The number of benzene rings is 1. The fourth-order valence-electron chi connectivity index (χ4n) is 2.37. The van der Waals surface area contributed by atoms with E-state index in [1.54, 1.807) is 12.1 Å². The SMILES string of the molecule is Cc1sc(NC(=O)C2CC2)c(C(=O)OCc2cccc(F)c2)c1C. The van der Waals surface area contributed by atoms with E-state index in [9.17, 15) is 14.0 Å². The van der Waals surface area contributed by atoms with Crippen LogP contribution in [-0.4, -0.2) is 11.9 Å². The predicted octanol–water partition coefficient (Wildman–Crippen LogP) is 4.21. The van der Waals surface area contributed by atoms with Crippen molar-refractivity contribution in [2.24, 2.45) is 5.92 Å². The highest BCUT2D eigenvalue weighted by Gasteiger charge is 2.31. The van der Waals surface area contributed by atoms with E-state index in [1.165, 1.54) is 23.5 Å². The van der Waals surface area contributed by atoms with Crippen LogP contribution in [0.3, 0.4) is 0 Å². The van der Waals surface area contributed by atoms with Gasteiger partial charge in [0, 0.05) is 10.8 Å². The number of rotatable bonds is 5. The molecule has 4 nitrogen and oxygen atoms in total. The van der Waals surface area contributed by atoms with Gasteiger partial charge in [-0.15, -0.1) is 11.3 Å². The molecule has 3 rings (SSSR count). The molecular formula is C18H18FNO3S. The van der Waals surface area contributed by atoms with Gasteiger partial charge in [-0.1, -0.05) is 12.1 Å². The molecule has 1 aliphatic rings. The van der Waals surface area contributed by atoms with Crippen LogP contribution in [0.2, 0.25) is 0 Å². The number of carbonyl (C=O) groups excluding carboxylic acids is 2. The van der Waals surface area contributed by atoms with E-state index in [0.29, 0.717) is 16.1 Å². The summed E-state index contributed by atoms with van der Waals surface area (Å²) in [5.41, 5.74) is 1.77. The Morgan fingerprint density at radius 3 is 2.75 bits per heavy atom. The normalized spacial score (nSPS) is 13.6. The number of anilines is 1. The molecule has 1 aromatic heterocycles. The molecule has 1 N–H and O–H groups in total. The van der Waals surface area contributed by atoms with Crippen LogP contribution in [0.25, 0.3) is 0 Å². The zero-order chi connectivity index (χ0) is 17.3. The Morgan fingerprint density at radius 2 is 2.08 bits per heavy atom. The second kappa shape index (κ2) is 6.73. The number of carbonyl (C=O) groups is 2. The summed E-state index contributed by atoms with van der Waals surface area (Å²) < 4.78 is 18.5. The third-order valence-corrected chi connectivity index (χ3v) is 5.16. The third-order valence-electron chi connectivity index (χ3n) is 4.03. The van der Waals surface area contributed by atoms with Gasteiger partial charge in [0.2, 0.25) is 5.91 Å². The molecule has 0 aliphatic heterocycles. The van der Waals surface area contributed by atoms with Gasteiger partial charge in [0.25, 0.3) is 0 Å². The molecule has 1 aliphatic carbocycles. The highest BCUT2D eigenvalue weighted by atomic mass is 32.1. The summed E-state index contributed by atoms with van der Waals surface area (Å²) >= 11 is 1.37. The number of amides is 1. The average molecular weight is 347 g/mol. The summed E-state index contributed by atoms with van der Waals surface area (Å²) in [7, 11) is 0. The molecule has 1 aromatic carbocycles. The second-order valence-corrected chi connectivity index (χ2v) is 7.18. The minimum Gasteiger partial charge on any atom is -0.457 e. The van der Waals surface area contributed by atoms with Crippen molar-refractivity contribution in [1.82, 2.24) is 0 Å². The number of thiophene rings is 1. The Labute approximate surface area is 143 Å². The minimum absolute atomic E-state index is 0.0130. The number of hydrogen-bond acceptors (Lipinski definition) is 4. The molecule has 126 valence electrons. The lowest BCUT2D eigenvalue weighted by molar-refractivity contribution is -0.117. The number of aryl methyl sites for hydroxylation is 1. The lowest BCUT2D eigenvalue weighted by Crippen LogP contribution is -2.16. The maximum absolute atomic E-state index is 13.2. The average Bonchev–Trinajstić information content (AvgIpc) is 3.34. The first-order chi connectivity index (χ1) is 11.5. The predicted molar refractivity (Wildman–Crippen MR) is 90.7 cm³/mol. The van der Waals surface area contributed by atoms with Crippen molar-refractivity contribution in [3.05, 3.63) is 51.7 Å². The summed E-state index contributed by atoms with van der Waals surface area (Å²) in [4.78, 5) is 25.4. The fraction of sp³-hybridized carbons (Fsp3) is 0.333. The number of esters is 1. The summed E-state index contributed by atoms with van der Waals surface area (Å²) in [6.07, 6.45) is 1.79. The van der Waals surface area contributed by atoms with Crippen LogP contribution in [0.1, 0.15) is 39.2 Å². The van der Waals surface area contributed by atoms with Crippen molar-refractivity contribution < 1.29 is 18.7 Å². The summed E-state index contributed by atoms with van der Waals surface area (Å²) in [6.45, 7) is 3.72. The smallest absolute Gasteiger partial charge is 0.341 e. The van der Waals surface area contributed by atoms with Crippen molar-refractivity contribution in [2.75, 3.05) is 5.32 Å². The molecule has 0 atom stereocenters. The van der Waals surface area contributed by atoms with Gasteiger partial charge in [0.15, 0.2) is 0 Å². The van der Waals surface area contributed by atoms with Crippen LogP contribution in [0.5, 0.6) is 0 Å². The van der Waals surface area contributed by atoms with Crippen LogP contribution in [-0.2, 0) is 16.1 Å². The number of halogens is 1. The van der Waals surface area contributed by atoms with E-state index in [4.69, 9.17) is 4.74 Å². The third kappa shape index (κ3) is 3.64. The first kappa shape index (κ1) is 16.6. The van der Waals surface area contributed by atoms with Gasteiger partial charge in [0.1, 0.15) is 17.4 Å². The molecule has 0 saturated heterocycles. The van der Waals surface area contributed by atoms with Gasteiger partial charge in [-0.3, -0.25) is 4.79 Å². The second-order valence-electron chi connectivity index (χ2n) is 5.96. The standard InChI is InChI=1S/C18H18FNO3S/c1-10-11(2)24-17(20-16(21)13-6-7-13)15(10)18(22)23-9-12-4-3-5-14(19)8-12/h3-5,8,13H,6-7,9H2,1-2H3,(H,20,21). The molecular weight excluding hydrogens is 329 g/mol. The Hall–Kier alpha value is -2.21. The van der Waals surface area contributed by atoms with Gasteiger partial charge in [-0.05, 0) is 49.9 Å². The van der Waals surface area contributed by atoms with Gasteiger partial charge in [-0.25, -0.2) is 9.18 Å². The highest BCUT2D eigenvalue weighted by Crippen LogP contribution is 2.36. The quantitative estimate of drug-likeness (QED) is 0.824. The zero-order valence-corrected chi connectivity index (χ0v) is 14.3. The molecule has 0 radical (unpaired) electrons. The van der Waals surface area contributed by atoms with E-state index >= 15 is 0 Å². The Kier molecular flexibility index (Phi) is 4.66. The highest BCUT2D eigenvalue weighted by molar-refractivity contribution is 7.16. The topological polar surface area (TPSA) is 55.4 Å². The molecule has 1 saturated carbocycles. The van der Waals surface area contributed by atoms with Crippen molar-refractivity contribution >= 4 is 28.2 Å². The number of hydrogen-bond donors (Lipinski definition) is 1. The van der Waals surface area contributed by atoms with E-state index in [0.717, 1.165) is 23.3 Å². The molecule has 0 bridgehead atoms. The van der Waals surface area contributed by atoms with Crippen LogP contribution in [0.15, 0.2) is 24.3 Å². The van der Waals surface area contributed by atoms with E-state index < -0.39 is 5.97 Å². The summed E-state index contributed by atoms with van der Waals surface area (Å²) in [6, 6.07) is 5.93. The molecule has 6 heteroatoms. The van der Waals surface area contributed by atoms with Crippen molar-refractivity contribution in [3.8, 4) is 0 Å². The zero-order valence-electron chi connectivity index (χ0n) is 13.5. The molecule has 1 amide bonds. The van der Waals surface area contributed by atoms with E-state index in [1.807, 2.05) is 13.8 Å². The fourth-order valence-corrected chi connectivity index (χ4v) is 3.42. The van der Waals surface area contributed by atoms with Crippen LogP contribution in [0.4, 0.5) is 9.39 Å². The maximum atomic E-state index is 13.2. The first-order valence-electron chi connectivity index (χ1n) is 7.78. The minimum atomic E-state index is -0.507. The van der Waals surface area contributed by atoms with Crippen molar-refractivity contribution in [1.29, 1.82) is 0 Å². The van der Waals surface area contributed by atoms with Crippen molar-refractivity contribution in [2.45, 2.75) is 33.3 Å². The molecule has 0 spiro atoms. The van der Waals surface area contributed by atoms with Gasteiger partial charge >= 0.3 is 5.97 Å². The van der Waals surface area contributed by atoms with Crippen LogP contribution < -0.4 is 5.32 Å².